The first-order valence-corrected chi connectivity index (χ1v) is 12.8. The van der Waals surface area contributed by atoms with Crippen LogP contribution < -0.4 is 14.4 Å². The van der Waals surface area contributed by atoms with Gasteiger partial charge < -0.3 is 19.5 Å². The summed E-state index contributed by atoms with van der Waals surface area (Å²) >= 11 is 0. The molecule has 0 bridgehead atoms. The van der Waals surface area contributed by atoms with Crippen molar-refractivity contribution in [2.75, 3.05) is 25.1 Å². The molecule has 202 valence electrons. The van der Waals surface area contributed by atoms with E-state index < -0.39 is 11.8 Å². The highest BCUT2D eigenvalue weighted by molar-refractivity contribution is 6.05. The average molecular weight is 531 g/mol. The van der Waals surface area contributed by atoms with Crippen LogP contribution >= 0.6 is 0 Å². The van der Waals surface area contributed by atoms with Crippen LogP contribution in [-0.2, 0) is 11.2 Å². The van der Waals surface area contributed by atoms with Gasteiger partial charge in [0, 0.05) is 23.7 Å². The number of halogens is 1. The van der Waals surface area contributed by atoms with E-state index in [0.29, 0.717) is 52.2 Å². The number of hydrogen-bond acceptors (Lipinski definition) is 5. The first kappa shape index (κ1) is 26.3. The van der Waals surface area contributed by atoms with E-state index in [4.69, 9.17) is 9.47 Å². The zero-order valence-electron chi connectivity index (χ0n) is 22.7. The predicted octanol–water partition coefficient (Wildman–Crippen LogP) is 5.61. The van der Waals surface area contributed by atoms with Gasteiger partial charge in [-0.15, -0.1) is 0 Å². The van der Waals surface area contributed by atoms with E-state index in [1.54, 1.807) is 13.0 Å². The third kappa shape index (κ3) is 4.82. The van der Waals surface area contributed by atoms with Crippen LogP contribution in [0.4, 0.5) is 10.1 Å². The Hall–Kier alpha value is -4.33. The summed E-state index contributed by atoms with van der Waals surface area (Å²) in [6, 6.07) is 13.7. The van der Waals surface area contributed by atoms with Crippen LogP contribution in [-0.4, -0.2) is 47.9 Å². The molecule has 1 N–H and O–H groups in total. The zero-order valence-corrected chi connectivity index (χ0v) is 22.7. The quantitative estimate of drug-likeness (QED) is 0.349. The Balaban J connectivity index is 1.41. The molecule has 0 radical (unpaired) electrons. The van der Waals surface area contributed by atoms with E-state index in [1.807, 2.05) is 39.1 Å². The SMILES string of the molecule is Cc1cc(C(=O)n2c(C)c(CC(=O)O)c3cc(F)ccc32)c(C)cc1OC[C@@H]1CN(C)c2c(C)cccc2O1. The van der Waals surface area contributed by atoms with Gasteiger partial charge in [-0.1, -0.05) is 12.1 Å². The molecule has 8 heteroatoms. The van der Waals surface area contributed by atoms with Gasteiger partial charge in [0.1, 0.15) is 30.0 Å². The summed E-state index contributed by atoms with van der Waals surface area (Å²) in [7, 11) is 2.04. The average Bonchev–Trinajstić information content (AvgIpc) is 3.13. The number of para-hydroxylation sites is 1. The highest BCUT2D eigenvalue weighted by atomic mass is 19.1. The highest BCUT2D eigenvalue weighted by Crippen LogP contribution is 2.36. The van der Waals surface area contributed by atoms with Crippen molar-refractivity contribution in [1.29, 1.82) is 0 Å². The fraction of sp³-hybridized carbons (Fsp3) is 0.290. The van der Waals surface area contributed by atoms with Crippen molar-refractivity contribution < 1.29 is 28.6 Å². The van der Waals surface area contributed by atoms with Gasteiger partial charge in [-0.05, 0) is 86.3 Å². The number of anilines is 1. The zero-order chi connectivity index (χ0) is 28.0. The van der Waals surface area contributed by atoms with Crippen molar-refractivity contribution in [3.8, 4) is 11.5 Å². The molecule has 0 saturated heterocycles. The molecule has 1 aromatic heterocycles. The molecule has 0 amide bonds. The van der Waals surface area contributed by atoms with E-state index in [0.717, 1.165) is 22.6 Å². The largest absolute Gasteiger partial charge is 0.489 e. The third-order valence-electron chi connectivity index (χ3n) is 7.36. The van der Waals surface area contributed by atoms with Gasteiger partial charge in [0.15, 0.2) is 0 Å². The minimum Gasteiger partial charge on any atom is -0.489 e. The van der Waals surface area contributed by atoms with E-state index in [9.17, 15) is 19.1 Å². The number of carbonyl (C=O) groups excluding carboxylic acids is 1. The summed E-state index contributed by atoms with van der Waals surface area (Å²) < 4.78 is 27.9. The summed E-state index contributed by atoms with van der Waals surface area (Å²) in [5, 5.41) is 9.83. The standard InChI is InChI=1S/C31H31FN2O5/c1-17-7-6-8-27-30(17)33(5)15-22(39-27)16-38-28-12-18(2)23(11-19(28)3)31(37)34-20(4)24(14-29(35)36)25-13-21(32)9-10-26(25)34/h6-13,22H,14-16H2,1-5H3,(H,35,36)/t22-/m0/s1. The Kier molecular flexibility index (Phi) is 6.80. The summed E-state index contributed by atoms with van der Waals surface area (Å²) in [6.07, 6.45) is -0.466. The fourth-order valence-corrected chi connectivity index (χ4v) is 5.49. The molecule has 1 aliphatic rings. The Morgan fingerprint density at radius 1 is 1.05 bits per heavy atom. The molecule has 0 saturated carbocycles. The number of rotatable bonds is 6. The lowest BCUT2D eigenvalue weighted by atomic mass is 10.0. The Bertz CT molecular complexity index is 1620. The first-order chi connectivity index (χ1) is 18.5. The second-order valence-electron chi connectivity index (χ2n) is 10.2. The number of carboxylic acids is 1. The lowest BCUT2D eigenvalue weighted by Gasteiger charge is -2.34. The maximum atomic E-state index is 14.0. The van der Waals surface area contributed by atoms with Crippen molar-refractivity contribution >= 4 is 28.5 Å². The van der Waals surface area contributed by atoms with Crippen LogP contribution in [0.15, 0.2) is 48.5 Å². The van der Waals surface area contributed by atoms with Crippen LogP contribution in [0.1, 0.15) is 38.3 Å². The van der Waals surface area contributed by atoms with Crippen molar-refractivity contribution in [3.05, 3.63) is 87.9 Å². The number of nitrogens with zero attached hydrogens (tertiary/aromatic N) is 2. The van der Waals surface area contributed by atoms with Crippen LogP contribution in [0.25, 0.3) is 10.9 Å². The molecule has 0 unspecified atom stereocenters. The fourth-order valence-electron chi connectivity index (χ4n) is 5.49. The second-order valence-corrected chi connectivity index (χ2v) is 10.2. The molecule has 0 aliphatic carbocycles. The normalized spacial score (nSPS) is 14.7. The molecule has 1 aliphatic heterocycles. The van der Waals surface area contributed by atoms with Gasteiger partial charge in [-0.2, -0.15) is 0 Å². The van der Waals surface area contributed by atoms with E-state index >= 15 is 0 Å². The van der Waals surface area contributed by atoms with E-state index in [2.05, 4.69) is 17.9 Å². The molecule has 3 aromatic carbocycles. The Morgan fingerprint density at radius 3 is 2.56 bits per heavy atom. The van der Waals surface area contributed by atoms with Crippen molar-refractivity contribution in [2.24, 2.45) is 0 Å². The summed E-state index contributed by atoms with van der Waals surface area (Å²) in [5.74, 6) is -0.346. The molecule has 1 atom stereocenters. The van der Waals surface area contributed by atoms with Crippen LogP contribution in [0, 0.1) is 33.5 Å². The summed E-state index contributed by atoms with van der Waals surface area (Å²) in [6.45, 7) is 8.50. The molecular formula is C31H31FN2O5. The number of hydrogen-bond donors (Lipinski definition) is 1. The van der Waals surface area contributed by atoms with Gasteiger partial charge in [0.05, 0.1) is 24.2 Å². The van der Waals surface area contributed by atoms with E-state index in [-0.39, 0.29) is 18.4 Å². The van der Waals surface area contributed by atoms with Crippen LogP contribution in [0.2, 0.25) is 0 Å². The van der Waals surface area contributed by atoms with Gasteiger partial charge in [-0.25, -0.2) is 4.39 Å². The van der Waals surface area contributed by atoms with E-state index in [1.165, 1.54) is 22.8 Å². The molecular weight excluding hydrogens is 499 g/mol. The molecule has 2 heterocycles. The summed E-state index contributed by atoms with van der Waals surface area (Å²) in [5.41, 5.74) is 5.59. The number of aliphatic carboxylic acids is 1. The van der Waals surface area contributed by atoms with Crippen molar-refractivity contribution in [2.45, 2.75) is 40.2 Å². The number of aryl methyl sites for hydroxylation is 3. The number of carbonyl (C=O) groups is 2. The number of ether oxygens (including phenoxy) is 2. The van der Waals surface area contributed by atoms with Gasteiger partial charge in [0.25, 0.3) is 5.91 Å². The van der Waals surface area contributed by atoms with Gasteiger partial charge >= 0.3 is 5.97 Å². The van der Waals surface area contributed by atoms with Crippen LogP contribution in [0.5, 0.6) is 11.5 Å². The Morgan fingerprint density at radius 2 is 1.82 bits per heavy atom. The van der Waals surface area contributed by atoms with Gasteiger partial charge in [-0.3, -0.25) is 14.2 Å². The lowest BCUT2D eigenvalue weighted by Crippen LogP contribution is -2.41. The predicted molar refractivity (Wildman–Crippen MR) is 148 cm³/mol. The highest BCUT2D eigenvalue weighted by Gasteiger charge is 2.26. The topological polar surface area (TPSA) is 81.0 Å². The minimum absolute atomic E-state index is 0.160. The maximum absolute atomic E-state index is 14.0. The number of benzene rings is 3. The summed E-state index contributed by atoms with van der Waals surface area (Å²) in [4.78, 5) is 27.5. The first-order valence-electron chi connectivity index (χ1n) is 12.8. The Labute approximate surface area is 226 Å². The maximum Gasteiger partial charge on any atom is 0.307 e. The van der Waals surface area contributed by atoms with Crippen LogP contribution in [0.3, 0.4) is 0 Å². The molecule has 4 aromatic rings. The minimum atomic E-state index is -1.05. The third-order valence-corrected chi connectivity index (χ3v) is 7.36. The molecule has 0 fully saturated rings. The van der Waals surface area contributed by atoms with Crippen molar-refractivity contribution in [3.63, 3.8) is 0 Å². The monoisotopic (exact) mass is 530 g/mol. The molecule has 39 heavy (non-hydrogen) atoms. The number of fused-ring (bicyclic) bond motifs is 2. The second kappa shape index (κ2) is 10.1. The smallest absolute Gasteiger partial charge is 0.307 e. The number of carboxylic acid groups (broad SMARTS) is 1. The molecule has 5 rings (SSSR count). The number of likely N-dealkylation sites (N-methyl/N-ethyl adjacent to an activating group) is 1. The lowest BCUT2D eigenvalue weighted by molar-refractivity contribution is -0.136. The molecule has 7 nitrogen and oxygen atoms in total. The van der Waals surface area contributed by atoms with Crippen molar-refractivity contribution in [1.82, 2.24) is 4.57 Å². The number of aromatic nitrogens is 1. The van der Waals surface area contributed by atoms with Gasteiger partial charge in [0.2, 0.25) is 0 Å². The molecule has 0 spiro atoms.